The molecule has 0 bridgehead atoms. The van der Waals surface area contributed by atoms with Gasteiger partial charge >= 0.3 is 0 Å². The van der Waals surface area contributed by atoms with Crippen molar-refractivity contribution in [3.63, 3.8) is 0 Å². The molecule has 0 atom stereocenters. The highest BCUT2D eigenvalue weighted by molar-refractivity contribution is 7.18. The molecule has 2 aliphatic rings. The van der Waals surface area contributed by atoms with Crippen LogP contribution in [0.15, 0.2) is 42.9 Å². The van der Waals surface area contributed by atoms with Crippen LogP contribution >= 0.6 is 11.3 Å². The molecule has 1 N–H and O–H groups in total. The molecule has 6 rings (SSSR count). The smallest absolute Gasteiger partial charge is 0.138 e. The second-order valence-electron chi connectivity index (χ2n) is 11.4. The number of piperidine rings is 1. The quantitative estimate of drug-likeness (QED) is 0.274. The molecular formula is C30H38N6O2S. The first-order valence-corrected chi connectivity index (χ1v) is 14.8. The van der Waals surface area contributed by atoms with Crippen LogP contribution in [0.4, 0.5) is 5.82 Å². The van der Waals surface area contributed by atoms with Crippen molar-refractivity contribution in [3.8, 4) is 5.75 Å². The fourth-order valence-corrected chi connectivity index (χ4v) is 6.64. The SMILES string of the molecule is Cc1ccn(CCCOc2ccc(CN3CCC(Nc4ncnc5sc6c(c45)CC(C)(C)OC6)CC3)cc2)n1. The van der Waals surface area contributed by atoms with E-state index in [2.05, 4.69) is 63.4 Å². The minimum absolute atomic E-state index is 0.149. The number of anilines is 1. The summed E-state index contributed by atoms with van der Waals surface area (Å²) in [6.07, 6.45) is 7.75. The van der Waals surface area contributed by atoms with E-state index in [9.17, 15) is 0 Å². The molecule has 0 spiro atoms. The van der Waals surface area contributed by atoms with Crippen LogP contribution in [0.3, 0.4) is 0 Å². The maximum absolute atomic E-state index is 6.04. The second-order valence-corrected chi connectivity index (χ2v) is 12.5. The molecule has 0 radical (unpaired) electrons. The Morgan fingerprint density at radius 2 is 1.95 bits per heavy atom. The highest BCUT2D eigenvalue weighted by atomic mass is 32.1. The van der Waals surface area contributed by atoms with Gasteiger partial charge in [-0.05, 0) is 62.9 Å². The third kappa shape index (κ3) is 6.26. The normalized spacial score (nSPS) is 17.8. The number of likely N-dealkylation sites (tertiary alicyclic amines) is 1. The van der Waals surface area contributed by atoms with Crippen molar-refractivity contribution in [2.24, 2.45) is 0 Å². The lowest BCUT2D eigenvalue weighted by Crippen LogP contribution is -2.38. The number of nitrogens with zero attached hydrogens (tertiary/aromatic N) is 5. The van der Waals surface area contributed by atoms with Gasteiger partial charge in [0.25, 0.3) is 0 Å². The zero-order valence-corrected chi connectivity index (χ0v) is 24.0. The molecule has 1 saturated heterocycles. The van der Waals surface area contributed by atoms with Gasteiger partial charge in [-0.1, -0.05) is 12.1 Å². The van der Waals surface area contributed by atoms with E-state index >= 15 is 0 Å². The third-order valence-corrected chi connectivity index (χ3v) is 8.81. The first-order chi connectivity index (χ1) is 18.9. The number of rotatable bonds is 9. The van der Waals surface area contributed by atoms with E-state index in [1.54, 1.807) is 17.7 Å². The van der Waals surface area contributed by atoms with Crippen LogP contribution in [0.25, 0.3) is 10.2 Å². The Morgan fingerprint density at radius 3 is 2.72 bits per heavy atom. The van der Waals surface area contributed by atoms with E-state index in [1.807, 2.05) is 23.9 Å². The number of fused-ring (bicyclic) bond motifs is 3. The minimum Gasteiger partial charge on any atom is -0.494 e. The van der Waals surface area contributed by atoms with Gasteiger partial charge < -0.3 is 14.8 Å². The summed E-state index contributed by atoms with van der Waals surface area (Å²) in [4.78, 5) is 14.2. The fourth-order valence-electron chi connectivity index (χ4n) is 5.57. The number of benzene rings is 1. The Morgan fingerprint density at radius 1 is 1.13 bits per heavy atom. The number of hydrogen-bond acceptors (Lipinski definition) is 8. The van der Waals surface area contributed by atoms with Gasteiger partial charge in [0, 0.05) is 56.1 Å². The van der Waals surface area contributed by atoms with Crippen LogP contribution in [0, 0.1) is 6.92 Å². The number of thiophene rings is 1. The van der Waals surface area contributed by atoms with E-state index in [-0.39, 0.29) is 5.60 Å². The van der Waals surface area contributed by atoms with Crippen molar-refractivity contribution >= 4 is 27.4 Å². The van der Waals surface area contributed by atoms with Crippen molar-refractivity contribution in [3.05, 3.63) is 64.6 Å². The van der Waals surface area contributed by atoms with Crippen molar-refractivity contribution in [2.75, 3.05) is 25.0 Å². The molecule has 0 aliphatic carbocycles. The molecule has 0 amide bonds. The van der Waals surface area contributed by atoms with E-state index in [0.717, 1.165) is 74.0 Å². The number of aryl methyl sites for hydroxylation is 2. The second kappa shape index (κ2) is 11.2. The average molecular weight is 547 g/mol. The molecule has 9 heteroatoms. The van der Waals surface area contributed by atoms with Gasteiger partial charge in [-0.3, -0.25) is 9.58 Å². The predicted molar refractivity (Wildman–Crippen MR) is 155 cm³/mol. The first-order valence-electron chi connectivity index (χ1n) is 14.0. The number of aromatic nitrogens is 4. The fraction of sp³-hybridized carbons (Fsp3) is 0.500. The molecule has 2 aliphatic heterocycles. The maximum Gasteiger partial charge on any atom is 0.138 e. The average Bonchev–Trinajstić information content (AvgIpc) is 3.51. The summed E-state index contributed by atoms with van der Waals surface area (Å²) < 4.78 is 14.0. The summed E-state index contributed by atoms with van der Waals surface area (Å²) >= 11 is 1.75. The van der Waals surface area contributed by atoms with E-state index in [1.165, 1.54) is 21.4 Å². The van der Waals surface area contributed by atoms with Gasteiger partial charge in [-0.15, -0.1) is 11.3 Å². The predicted octanol–water partition coefficient (Wildman–Crippen LogP) is 5.59. The van der Waals surface area contributed by atoms with Crippen molar-refractivity contribution < 1.29 is 9.47 Å². The van der Waals surface area contributed by atoms with Crippen molar-refractivity contribution in [2.45, 2.75) is 77.8 Å². The Bertz CT molecular complexity index is 1400. The zero-order chi connectivity index (χ0) is 26.8. The highest BCUT2D eigenvalue weighted by Gasteiger charge is 2.31. The summed E-state index contributed by atoms with van der Waals surface area (Å²) in [5, 5.41) is 9.41. The summed E-state index contributed by atoms with van der Waals surface area (Å²) in [5.74, 6) is 1.92. The third-order valence-electron chi connectivity index (χ3n) is 7.70. The molecule has 206 valence electrons. The highest BCUT2D eigenvalue weighted by Crippen LogP contribution is 2.40. The molecule has 1 fully saturated rings. The number of nitrogens with one attached hydrogen (secondary N) is 1. The van der Waals surface area contributed by atoms with Crippen LogP contribution in [-0.2, 0) is 30.9 Å². The van der Waals surface area contributed by atoms with Gasteiger partial charge in [0.2, 0.25) is 0 Å². The van der Waals surface area contributed by atoms with E-state index in [0.29, 0.717) is 19.3 Å². The van der Waals surface area contributed by atoms with E-state index in [4.69, 9.17) is 9.47 Å². The number of ether oxygens (including phenoxy) is 2. The van der Waals surface area contributed by atoms with E-state index < -0.39 is 0 Å². The standard InChI is InChI=1S/C30H38N6O2S/c1-21-9-15-36(34-21)12-4-16-37-24-7-5-22(6-8-24)18-35-13-10-23(11-14-35)33-28-27-25-17-30(2,3)38-19-26(25)39-29(27)32-20-31-28/h5-9,15,20,23H,4,10-14,16-19H2,1-3H3,(H,31,32,33). The molecule has 3 aromatic heterocycles. The Labute approximate surface area is 234 Å². The lowest BCUT2D eigenvalue weighted by molar-refractivity contribution is -0.0379. The first kappa shape index (κ1) is 26.2. The zero-order valence-electron chi connectivity index (χ0n) is 23.2. The Kier molecular flexibility index (Phi) is 7.55. The molecule has 0 saturated carbocycles. The van der Waals surface area contributed by atoms with Gasteiger partial charge in [-0.2, -0.15) is 5.10 Å². The monoisotopic (exact) mass is 546 g/mol. The summed E-state index contributed by atoms with van der Waals surface area (Å²) in [6.45, 7) is 11.7. The lowest BCUT2D eigenvalue weighted by atomic mass is 9.94. The van der Waals surface area contributed by atoms with Gasteiger partial charge in [0.15, 0.2) is 0 Å². The van der Waals surface area contributed by atoms with Gasteiger partial charge in [0.1, 0.15) is 22.7 Å². The van der Waals surface area contributed by atoms with Gasteiger partial charge in [0.05, 0.1) is 29.9 Å². The largest absolute Gasteiger partial charge is 0.494 e. The van der Waals surface area contributed by atoms with Crippen molar-refractivity contribution in [1.29, 1.82) is 0 Å². The maximum atomic E-state index is 6.04. The molecule has 1 aromatic carbocycles. The van der Waals surface area contributed by atoms with Crippen molar-refractivity contribution in [1.82, 2.24) is 24.6 Å². The molecule has 8 nitrogen and oxygen atoms in total. The summed E-state index contributed by atoms with van der Waals surface area (Å²) in [6, 6.07) is 11.0. The van der Waals surface area contributed by atoms with Crippen LogP contribution in [-0.4, -0.2) is 56.0 Å². The summed E-state index contributed by atoms with van der Waals surface area (Å²) in [5.41, 5.74) is 3.60. The van der Waals surface area contributed by atoms with Crippen LogP contribution in [0.1, 0.15) is 54.8 Å². The molecule has 4 aromatic rings. The van der Waals surface area contributed by atoms with Crippen LogP contribution in [0.2, 0.25) is 0 Å². The van der Waals surface area contributed by atoms with Gasteiger partial charge in [-0.25, -0.2) is 9.97 Å². The topological polar surface area (TPSA) is 77.3 Å². The molecule has 5 heterocycles. The number of hydrogen-bond donors (Lipinski definition) is 1. The Balaban J connectivity index is 0.983. The summed E-state index contributed by atoms with van der Waals surface area (Å²) in [7, 11) is 0. The van der Waals surface area contributed by atoms with Crippen LogP contribution in [0.5, 0.6) is 5.75 Å². The minimum atomic E-state index is -0.149. The molecule has 39 heavy (non-hydrogen) atoms. The molecular weight excluding hydrogens is 508 g/mol. The van der Waals surface area contributed by atoms with Crippen LogP contribution < -0.4 is 10.1 Å². The molecule has 0 unspecified atom stereocenters. The lowest BCUT2D eigenvalue weighted by Gasteiger charge is -2.33. The Hall–Kier alpha value is -3.01.